The van der Waals surface area contributed by atoms with Crippen molar-refractivity contribution in [3.63, 3.8) is 0 Å². The Morgan fingerprint density at radius 1 is 1.33 bits per heavy atom. The fourth-order valence-corrected chi connectivity index (χ4v) is 2.52. The van der Waals surface area contributed by atoms with E-state index in [9.17, 15) is 4.79 Å². The molecule has 2 aliphatic rings. The average Bonchev–Trinajstić information content (AvgIpc) is 2.88. The summed E-state index contributed by atoms with van der Waals surface area (Å²) in [5, 5.41) is 0. The molecule has 0 radical (unpaired) electrons. The van der Waals surface area contributed by atoms with Gasteiger partial charge < -0.3 is 10.5 Å². The van der Waals surface area contributed by atoms with Crippen molar-refractivity contribution in [2.75, 3.05) is 0 Å². The van der Waals surface area contributed by atoms with Crippen molar-refractivity contribution in [3.05, 3.63) is 35.4 Å². The molecule has 0 saturated heterocycles. The predicted octanol–water partition coefficient (Wildman–Crippen LogP) is 3.23. The number of fused-ring (bicyclic) bond motifs is 3. The number of carbonyl (C=O) groups is 1. The molecule has 2 N–H and O–H groups in total. The standard InChI is InChI=1S/C10H10.C5H11NO2/c1-2-4-9-7(3-1)5-8-6-10(8)9;1-5(2,3)8-4(6)7/h1-4,8,10H,5-6H2;1-3H3,(H2,6,7). The lowest BCUT2D eigenvalue weighted by atomic mass is 10.1. The van der Waals surface area contributed by atoms with Crippen molar-refractivity contribution in [3.8, 4) is 0 Å². The van der Waals surface area contributed by atoms with Crippen LogP contribution in [0.3, 0.4) is 0 Å². The topological polar surface area (TPSA) is 52.3 Å². The van der Waals surface area contributed by atoms with Crippen molar-refractivity contribution in [2.24, 2.45) is 11.7 Å². The summed E-state index contributed by atoms with van der Waals surface area (Å²) in [4.78, 5) is 10.0. The molecule has 0 spiro atoms. The molecule has 3 nitrogen and oxygen atoms in total. The van der Waals surface area contributed by atoms with Gasteiger partial charge in [0.05, 0.1) is 0 Å². The maximum absolute atomic E-state index is 10.0. The van der Waals surface area contributed by atoms with Gasteiger partial charge in [-0.05, 0) is 56.6 Å². The molecule has 1 amide bonds. The second-order valence-electron chi connectivity index (χ2n) is 6.04. The van der Waals surface area contributed by atoms with Crippen molar-refractivity contribution in [1.82, 2.24) is 0 Å². The zero-order valence-corrected chi connectivity index (χ0v) is 11.3. The monoisotopic (exact) mass is 247 g/mol. The van der Waals surface area contributed by atoms with Crippen molar-refractivity contribution in [2.45, 2.75) is 45.1 Å². The summed E-state index contributed by atoms with van der Waals surface area (Å²) in [6.45, 7) is 5.28. The molecule has 3 rings (SSSR count). The molecule has 0 heterocycles. The Kier molecular flexibility index (Phi) is 3.33. The van der Waals surface area contributed by atoms with Gasteiger partial charge in [-0.25, -0.2) is 4.79 Å². The average molecular weight is 247 g/mol. The van der Waals surface area contributed by atoms with Gasteiger partial charge in [0, 0.05) is 0 Å². The van der Waals surface area contributed by atoms with Gasteiger partial charge in [0.15, 0.2) is 0 Å². The first-order chi connectivity index (χ1) is 8.37. The van der Waals surface area contributed by atoms with Crippen LogP contribution in [0.15, 0.2) is 24.3 Å². The van der Waals surface area contributed by atoms with Gasteiger partial charge >= 0.3 is 6.09 Å². The number of hydrogen-bond acceptors (Lipinski definition) is 2. The van der Waals surface area contributed by atoms with E-state index in [-0.39, 0.29) is 0 Å². The highest BCUT2D eigenvalue weighted by molar-refractivity contribution is 5.65. The molecule has 0 aliphatic heterocycles. The number of benzene rings is 1. The molecule has 98 valence electrons. The molecule has 2 unspecified atom stereocenters. The number of carbonyl (C=O) groups excluding carboxylic acids is 1. The Labute approximate surface area is 108 Å². The SMILES string of the molecule is CC(C)(C)OC(N)=O.c1ccc2c(c1)CC1CC21. The summed E-state index contributed by atoms with van der Waals surface area (Å²) >= 11 is 0. The summed E-state index contributed by atoms with van der Waals surface area (Å²) in [7, 11) is 0. The molecule has 0 bridgehead atoms. The Morgan fingerprint density at radius 3 is 2.50 bits per heavy atom. The van der Waals surface area contributed by atoms with Crippen LogP contribution < -0.4 is 5.73 Å². The second kappa shape index (κ2) is 4.63. The van der Waals surface area contributed by atoms with E-state index >= 15 is 0 Å². The Bertz CT molecular complexity index is 448. The van der Waals surface area contributed by atoms with E-state index in [1.165, 1.54) is 12.8 Å². The molecule has 1 aromatic carbocycles. The minimum Gasteiger partial charge on any atom is -0.444 e. The molecule has 2 aliphatic carbocycles. The van der Waals surface area contributed by atoms with E-state index in [1.807, 2.05) is 0 Å². The number of primary amides is 1. The van der Waals surface area contributed by atoms with Gasteiger partial charge in [-0.1, -0.05) is 24.3 Å². The van der Waals surface area contributed by atoms with Crippen LogP contribution in [-0.2, 0) is 11.2 Å². The van der Waals surface area contributed by atoms with Crippen LogP contribution in [0, 0.1) is 5.92 Å². The zero-order valence-electron chi connectivity index (χ0n) is 11.3. The molecule has 0 aromatic heterocycles. The van der Waals surface area contributed by atoms with E-state index in [0.29, 0.717) is 0 Å². The van der Waals surface area contributed by atoms with Crippen LogP contribution in [0.25, 0.3) is 0 Å². The van der Waals surface area contributed by atoms with Crippen molar-refractivity contribution in [1.29, 1.82) is 0 Å². The van der Waals surface area contributed by atoms with Gasteiger partial charge in [-0.2, -0.15) is 0 Å². The maximum Gasteiger partial charge on any atom is 0.405 e. The molecule has 3 heteroatoms. The van der Waals surface area contributed by atoms with Gasteiger partial charge in [0.1, 0.15) is 5.60 Å². The van der Waals surface area contributed by atoms with Crippen LogP contribution in [0.5, 0.6) is 0 Å². The van der Waals surface area contributed by atoms with Crippen LogP contribution in [0.2, 0.25) is 0 Å². The molecule has 1 saturated carbocycles. The first kappa shape index (κ1) is 12.9. The molecular formula is C15H21NO2. The van der Waals surface area contributed by atoms with E-state index < -0.39 is 11.7 Å². The van der Waals surface area contributed by atoms with Crippen molar-refractivity contribution >= 4 is 6.09 Å². The Balaban J connectivity index is 0.000000139. The summed E-state index contributed by atoms with van der Waals surface area (Å²) in [5.41, 5.74) is 7.53. The quantitative estimate of drug-likeness (QED) is 0.765. The van der Waals surface area contributed by atoms with Gasteiger partial charge in [0.25, 0.3) is 0 Å². The molecule has 1 aromatic rings. The number of hydrogen-bond donors (Lipinski definition) is 1. The third-order valence-electron chi connectivity index (χ3n) is 3.27. The Hall–Kier alpha value is -1.51. The van der Waals surface area contributed by atoms with E-state index in [0.717, 1.165) is 11.8 Å². The maximum atomic E-state index is 10.0. The minimum absolute atomic E-state index is 0.453. The number of rotatable bonds is 0. The van der Waals surface area contributed by atoms with E-state index in [1.54, 1.807) is 31.9 Å². The second-order valence-corrected chi connectivity index (χ2v) is 6.04. The van der Waals surface area contributed by atoms with Crippen LogP contribution >= 0.6 is 0 Å². The first-order valence-corrected chi connectivity index (χ1v) is 6.43. The predicted molar refractivity (Wildman–Crippen MR) is 71.4 cm³/mol. The lowest BCUT2D eigenvalue weighted by molar-refractivity contribution is 0.0600. The normalized spacial score (nSPS) is 23.3. The minimum atomic E-state index is -0.725. The molecule has 1 fully saturated rings. The lowest BCUT2D eigenvalue weighted by Gasteiger charge is -2.16. The number of amides is 1. The fourth-order valence-electron chi connectivity index (χ4n) is 2.52. The molecule has 2 atom stereocenters. The highest BCUT2D eigenvalue weighted by Crippen LogP contribution is 2.55. The summed E-state index contributed by atoms with van der Waals surface area (Å²) < 4.78 is 4.58. The highest BCUT2D eigenvalue weighted by atomic mass is 16.6. The summed E-state index contributed by atoms with van der Waals surface area (Å²) in [5.74, 6) is 2.01. The lowest BCUT2D eigenvalue weighted by Crippen LogP contribution is -2.27. The van der Waals surface area contributed by atoms with E-state index in [2.05, 4.69) is 29.0 Å². The number of nitrogens with two attached hydrogens (primary N) is 1. The third kappa shape index (κ3) is 3.25. The van der Waals surface area contributed by atoms with Gasteiger partial charge in [-0.15, -0.1) is 0 Å². The molecular weight excluding hydrogens is 226 g/mol. The third-order valence-corrected chi connectivity index (χ3v) is 3.27. The van der Waals surface area contributed by atoms with E-state index in [4.69, 9.17) is 5.73 Å². The van der Waals surface area contributed by atoms with Gasteiger partial charge in [-0.3, -0.25) is 0 Å². The largest absolute Gasteiger partial charge is 0.444 e. The van der Waals surface area contributed by atoms with Crippen LogP contribution in [0.4, 0.5) is 4.79 Å². The summed E-state index contributed by atoms with van der Waals surface area (Å²) in [6.07, 6.45) is 2.11. The zero-order chi connectivity index (χ0) is 13.3. The van der Waals surface area contributed by atoms with Crippen LogP contribution in [0.1, 0.15) is 44.2 Å². The van der Waals surface area contributed by atoms with Crippen molar-refractivity contribution < 1.29 is 9.53 Å². The Morgan fingerprint density at radius 2 is 2.00 bits per heavy atom. The number of ether oxygens (including phenoxy) is 1. The fraction of sp³-hybridized carbons (Fsp3) is 0.533. The highest BCUT2D eigenvalue weighted by Gasteiger charge is 2.44. The smallest absolute Gasteiger partial charge is 0.405 e. The molecule has 18 heavy (non-hydrogen) atoms. The van der Waals surface area contributed by atoms with Gasteiger partial charge in [0.2, 0.25) is 0 Å². The van der Waals surface area contributed by atoms with Crippen LogP contribution in [-0.4, -0.2) is 11.7 Å². The summed E-state index contributed by atoms with van der Waals surface area (Å²) in [6, 6.07) is 8.90. The first-order valence-electron chi connectivity index (χ1n) is 6.43.